The number of hydrogen-bond acceptors (Lipinski definition) is 7. The largest absolute Gasteiger partial charge is 0.472 e. The summed E-state index contributed by atoms with van der Waals surface area (Å²) in [7, 11) is 1.59. The van der Waals surface area contributed by atoms with Gasteiger partial charge in [0.2, 0.25) is 4.96 Å². The van der Waals surface area contributed by atoms with Gasteiger partial charge in [-0.2, -0.15) is 0 Å². The first-order chi connectivity index (χ1) is 16.7. The van der Waals surface area contributed by atoms with E-state index in [1.807, 2.05) is 24.4 Å². The van der Waals surface area contributed by atoms with E-state index in [-0.39, 0.29) is 5.82 Å². The van der Waals surface area contributed by atoms with Gasteiger partial charge in [0, 0.05) is 41.6 Å². The number of hydrogen-bond donors (Lipinski definition) is 1. The molecule has 1 N–H and O–H groups in total. The highest BCUT2D eigenvalue weighted by atomic mass is 32.1. The van der Waals surface area contributed by atoms with Gasteiger partial charge >= 0.3 is 0 Å². The van der Waals surface area contributed by atoms with Gasteiger partial charge in [0.25, 0.3) is 5.19 Å². The molecule has 1 aliphatic carbocycles. The fraction of sp³-hybridized carbons (Fsp3) is 0.160. The molecule has 170 valence electrons. The predicted molar refractivity (Wildman–Crippen MR) is 135 cm³/mol. The molecule has 34 heavy (non-hydrogen) atoms. The van der Waals surface area contributed by atoms with Gasteiger partial charge in [-0.25, -0.2) is 18.9 Å². The smallest absolute Gasteiger partial charge is 0.294 e. The number of rotatable bonds is 7. The van der Waals surface area contributed by atoms with Gasteiger partial charge in [-0.15, -0.1) is 16.4 Å². The van der Waals surface area contributed by atoms with E-state index in [9.17, 15) is 4.39 Å². The van der Waals surface area contributed by atoms with E-state index in [0.29, 0.717) is 18.2 Å². The number of benzene rings is 2. The second kappa shape index (κ2) is 8.66. The maximum absolute atomic E-state index is 14.4. The molecule has 0 unspecified atom stereocenters. The van der Waals surface area contributed by atoms with E-state index < -0.39 is 0 Å². The standard InChI is InChI=1S/C25H20FN5OS2/c1-32-25-30-31-13-22(29-24(31)34-25)17-9-16-10-18(26)12-21(20(16)11-17)27-8-7-19-14-33-23(28-19)15-5-3-2-4-6-15/h2-6,10-14,27H,7-9H2,1H3. The summed E-state index contributed by atoms with van der Waals surface area (Å²) in [4.78, 5) is 10.2. The van der Waals surface area contributed by atoms with Crippen molar-refractivity contribution in [2.45, 2.75) is 12.8 Å². The van der Waals surface area contributed by atoms with E-state index in [4.69, 9.17) is 9.72 Å². The van der Waals surface area contributed by atoms with E-state index in [1.54, 1.807) is 35.1 Å². The fourth-order valence-electron chi connectivity index (χ4n) is 4.11. The number of aromatic nitrogens is 4. The molecule has 0 atom stereocenters. The lowest BCUT2D eigenvalue weighted by Gasteiger charge is -2.10. The summed E-state index contributed by atoms with van der Waals surface area (Å²) >= 11 is 3.03. The summed E-state index contributed by atoms with van der Waals surface area (Å²) in [5.74, 6) is -0.242. The third kappa shape index (κ3) is 3.97. The molecule has 0 bridgehead atoms. The lowest BCUT2D eigenvalue weighted by atomic mass is 10.1. The van der Waals surface area contributed by atoms with Gasteiger partial charge in [0.05, 0.1) is 24.7 Å². The van der Waals surface area contributed by atoms with Crippen molar-refractivity contribution in [1.82, 2.24) is 19.6 Å². The van der Waals surface area contributed by atoms with Crippen molar-refractivity contribution < 1.29 is 9.13 Å². The molecule has 0 amide bonds. The average molecular weight is 490 g/mol. The fourth-order valence-corrected chi connectivity index (χ4v) is 5.67. The van der Waals surface area contributed by atoms with Crippen LogP contribution in [0, 0.1) is 5.82 Å². The zero-order valence-electron chi connectivity index (χ0n) is 18.3. The van der Waals surface area contributed by atoms with Crippen LogP contribution in [0.3, 0.4) is 0 Å². The van der Waals surface area contributed by atoms with Crippen molar-refractivity contribution in [1.29, 1.82) is 0 Å². The number of thiazole rings is 1. The minimum atomic E-state index is -0.242. The summed E-state index contributed by atoms with van der Waals surface area (Å²) in [6, 6.07) is 13.3. The van der Waals surface area contributed by atoms with Crippen LogP contribution in [0.25, 0.3) is 27.2 Å². The van der Waals surface area contributed by atoms with Crippen molar-refractivity contribution in [3.63, 3.8) is 0 Å². The van der Waals surface area contributed by atoms with Gasteiger partial charge in [-0.3, -0.25) is 0 Å². The van der Waals surface area contributed by atoms with Crippen molar-refractivity contribution in [3.05, 3.63) is 82.4 Å². The second-order valence-corrected chi connectivity index (χ2v) is 9.76. The van der Waals surface area contributed by atoms with Gasteiger partial charge in [-0.1, -0.05) is 30.3 Å². The Balaban J connectivity index is 1.18. The van der Waals surface area contributed by atoms with Crippen LogP contribution in [0.2, 0.25) is 0 Å². The lowest BCUT2D eigenvalue weighted by Crippen LogP contribution is -2.07. The van der Waals surface area contributed by atoms with Gasteiger partial charge < -0.3 is 10.1 Å². The third-order valence-corrected chi connectivity index (χ3v) is 7.55. The normalized spacial score (nSPS) is 12.7. The van der Waals surface area contributed by atoms with Crippen LogP contribution in [-0.2, 0) is 12.8 Å². The van der Waals surface area contributed by atoms with E-state index >= 15 is 0 Å². The number of methoxy groups -OCH3 is 1. The van der Waals surface area contributed by atoms with Gasteiger partial charge in [0.15, 0.2) is 0 Å². The minimum Gasteiger partial charge on any atom is -0.472 e. The minimum absolute atomic E-state index is 0.242. The first-order valence-electron chi connectivity index (χ1n) is 10.8. The molecule has 0 spiro atoms. The zero-order chi connectivity index (χ0) is 23.1. The Morgan fingerprint density at radius 1 is 1.18 bits per heavy atom. The van der Waals surface area contributed by atoms with Gasteiger partial charge in [-0.05, 0) is 40.7 Å². The molecule has 3 aromatic heterocycles. The Labute approximate surface area is 203 Å². The molecule has 1 aliphatic rings. The Morgan fingerprint density at radius 2 is 2.06 bits per heavy atom. The van der Waals surface area contributed by atoms with Crippen LogP contribution < -0.4 is 10.1 Å². The first kappa shape index (κ1) is 21.0. The second-order valence-electron chi connectivity index (χ2n) is 7.98. The summed E-state index contributed by atoms with van der Waals surface area (Å²) in [6.45, 7) is 0.668. The Hall–Kier alpha value is -3.56. The van der Waals surface area contributed by atoms with Crippen LogP contribution >= 0.6 is 22.7 Å². The van der Waals surface area contributed by atoms with E-state index in [2.05, 4.69) is 39.0 Å². The van der Waals surface area contributed by atoms with Crippen LogP contribution in [0.5, 0.6) is 5.19 Å². The number of nitrogens with zero attached hydrogens (tertiary/aromatic N) is 4. The Kier molecular flexibility index (Phi) is 5.35. The lowest BCUT2D eigenvalue weighted by molar-refractivity contribution is 0.405. The van der Waals surface area contributed by atoms with Crippen molar-refractivity contribution in [2.75, 3.05) is 19.0 Å². The molecular weight excluding hydrogens is 469 g/mol. The van der Waals surface area contributed by atoms with Crippen molar-refractivity contribution >= 4 is 45.0 Å². The molecule has 6 nitrogen and oxygen atoms in total. The SMILES string of the molecule is COc1nn2cc(C3=Cc4c(cc(F)cc4NCCc4csc(-c5ccccc5)n4)C3)nc2s1. The van der Waals surface area contributed by atoms with Crippen molar-refractivity contribution in [3.8, 4) is 15.8 Å². The average Bonchev–Trinajstić information content (AvgIpc) is 3.61. The molecule has 0 radical (unpaired) electrons. The maximum Gasteiger partial charge on any atom is 0.294 e. The van der Waals surface area contributed by atoms with Crippen LogP contribution in [-0.4, -0.2) is 33.2 Å². The molecule has 0 saturated carbocycles. The maximum atomic E-state index is 14.4. The molecule has 2 aromatic carbocycles. The summed E-state index contributed by atoms with van der Waals surface area (Å²) in [5, 5.41) is 11.4. The number of imidazole rings is 1. The summed E-state index contributed by atoms with van der Waals surface area (Å²) < 4.78 is 21.3. The van der Waals surface area contributed by atoms with Crippen LogP contribution in [0.1, 0.15) is 22.5 Å². The molecule has 5 aromatic rings. The number of fused-ring (bicyclic) bond motifs is 2. The quantitative estimate of drug-likeness (QED) is 0.312. The van der Waals surface area contributed by atoms with E-state index in [1.165, 1.54) is 11.3 Å². The number of ether oxygens (including phenoxy) is 1. The Morgan fingerprint density at radius 3 is 2.88 bits per heavy atom. The molecule has 9 heteroatoms. The summed E-state index contributed by atoms with van der Waals surface area (Å²) in [6.07, 6.45) is 5.38. The number of allylic oxidation sites excluding steroid dienone is 1. The van der Waals surface area contributed by atoms with Crippen molar-refractivity contribution in [2.24, 2.45) is 0 Å². The third-order valence-electron chi connectivity index (χ3n) is 5.73. The van der Waals surface area contributed by atoms with Crippen LogP contribution in [0.15, 0.2) is 54.0 Å². The predicted octanol–water partition coefficient (Wildman–Crippen LogP) is 5.81. The molecule has 3 heterocycles. The molecule has 0 aliphatic heterocycles. The summed E-state index contributed by atoms with van der Waals surface area (Å²) in [5.41, 5.74) is 6.82. The first-order valence-corrected chi connectivity index (χ1v) is 12.5. The van der Waals surface area contributed by atoms with Gasteiger partial charge in [0.1, 0.15) is 10.8 Å². The highest BCUT2D eigenvalue weighted by Gasteiger charge is 2.21. The molecule has 6 rings (SSSR count). The highest BCUT2D eigenvalue weighted by Crippen LogP contribution is 2.37. The molecular formula is C25H20FN5OS2. The molecule has 0 saturated heterocycles. The topological polar surface area (TPSA) is 64.3 Å². The van der Waals surface area contributed by atoms with E-state index in [0.717, 1.165) is 55.7 Å². The Bertz CT molecular complexity index is 1490. The number of anilines is 1. The van der Waals surface area contributed by atoms with Crippen LogP contribution in [0.4, 0.5) is 10.1 Å². The zero-order valence-corrected chi connectivity index (χ0v) is 19.9. The number of nitrogens with one attached hydrogen (secondary N) is 1. The monoisotopic (exact) mass is 489 g/mol. The number of halogens is 1. The molecule has 0 fully saturated rings. The highest BCUT2D eigenvalue weighted by molar-refractivity contribution is 7.18.